The van der Waals surface area contributed by atoms with Gasteiger partial charge in [0, 0.05) is 6.42 Å². The van der Waals surface area contributed by atoms with Gasteiger partial charge in [0.1, 0.15) is 0 Å². The number of nitrogens with zero attached hydrogens (tertiary/aromatic N) is 1. The second kappa shape index (κ2) is 12.2. The molecule has 6 nitrogen and oxygen atoms in total. The summed E-state index contributed by atoms with van der Waals surface area (Å²) in [6, 6.07) is 0. The summed E-state index contributed by atoms with van der Waals surface area (Å²) in [5.74, 6) is 1.32. The molecule has 0 radical (unpaired) electrons. The van der Waals surface area contributed by atoms with Gasteiger partial charge >= 0.3 is 0 Å². The number of hydrogen-bond donors (Lipinski definition) is 3. The molecule has 0 unspecified atom stereocenters. The average Bonchev–Trinajstić information content (AvgIpc) is 3.15. The molecule has 37 heavy (non-hydrogen) atoms. The van der Waals surface area contributed by atoms with Gasteiger partial charge in [-0.05, 0) is 115 Å². The highest BCUT2D eigenvalue weighted by atomic mass is 16.3. The molecule has 3 saturated carbocycles. The van der Waals surface area contributed by atoms with Crippen LogP contribution in [-0.4, -0.2) is 44.5 Å². The number of hydrogen-bond acceptors (Lipinski definition) is 6. The molecule has 0 aromatic rings. The summed E-state index contributed by atoms with van der Waals surface area (Å²) in [6.07, 6.45) is 14.8. The van der Waals surface area contributed by atoms with Crippen molar-refractivity contribution in [1.82, 2.24) is 0 Å². The molecule has 210 valence electrons. The molecule has 3 aliphatic carbocycles. The van der Waals surface area contributed by atoms with Crippen LogP contribution in [-0.2, 0) is 4.79 Å². The Kier molecular flexibility index (Phi) is 9.96. The maximum absolute atomic E-state index is 12.8. The van der Waals surface area contributed by atoms with Crippen molar-refractivity contribution in [2.45, 2.75) is 141 Å². The number of carbonyl (C=O) groups is 1. The van der Waals surface area contributed by atoms with Crippen molar-refractivity contribution in [3.63, 3.8) is 0 Å². The number of rotatable bonds is 11. The van der Waals surface area contributed by atoms with Crippen LogP contribution in [0.3, 0.4) is 0 Å². The second-order valence-electron chi connectivity index (χ2n) is 13.7. The van der Waals surface area contributed by atoms with Crippen molar-refractivity contribution in [1.29, 1.82) is 0 Å². The number of fused-ring (bicyclic) bond motifs is 1. The fourth-order valence-electron chi connectivity index (χ4n) is 7.60. The Hall–Kier alpha value is -1.37. The first kappa shape index (κ1) is 30.2. The molecule has 3 N–H and O–H groups in total. The highest BCUT2D eigenvalue weighted by Crippen LogP contribution is 2.60. The van der Waals surface area contributed by atoms with Crippen LogP contribution in [0.1, 0.15) is 118 Å². The summed E-state index contributed by atoms with van der Waals surface area (Å²) < 4.78 is 0. The van der Waals surface area contributed by atoms with E-state index in [2.05, 4.69) is 24.3 Å². The summed E-state index contributed by atoms with van der Waals surface area (Å²) in [5, 5.41) is 33.5. The Morgan fingerprint density at radius 2 is 1.78 bits per heavy atom. The largest absolute Gasteiger partial charge is 0.393 e. The first-order valence-electron chi connectivity index (χ1n) is 14.6. The topological polar surface area (TPSA) is 107 Å². The van der Waals surface area contributed by atoms with Crippen LogP contribution < -0.4 is 0 Å². The van der Waals surface area contributed by atoms with Gasteiger partial charge in [-0.1, -0.05) is 48.2 Å². The quantitative estimate of drug-likeness (QED) is 0.274. The van der Waals surface area contributed by atoms with E-state index in [9.17, 15) is 25.0 Å². The van der Waals surface area contributed by atoms with Gasteiger partial charge in [0.25, 0.3) is 0 Å². The molecule has 0 aromatic heterocycles. The van der Waals surface area contributed by atoms with Crippen LogP contribution in [0.4, 0.5) is 0 Å². The number of aliphatic hydroxyl groups excluding tert-OH is 2. The van der Waals surface area contributed by atoms with Crippen molar-refractivity contribution < 1.29 is 20.1 Å². The van der Waals surface area contributed by atoms with E-state index in [0.717, 1.165) is 56.9 Å². The predicted octanol–water partition coefficient (Wildman–Crippen LogP) is 6.41. The minimum atomic E-state index is -1.17. The van der Waals surface area contributed by atoms with Gasteiger partial charge in [0.15, 0.2) is 11.3 Å². The van der Waals surface area contributed by atoms with Gasteiger partial charge < -0.3 is 15.3 Å². The monoisotopic (exact) mass is 517 g/mol. The Morgan fingerprint density at radius 1 is 1.11 bits per heavy atom. The van der Waals surface area contributed by atoms with E-state index in [1.165, 1.54) is 12.0 Å². The van der Waals surface area contributed by atoms with E-state index >= 15 is 0 Å². The van der Waals surface area contributed by atoms with Gasteiger partial charge in [-0.2, -0.15) is 0 Å². The minimum absolute atomic E-state index is 0.0811. The Morgan fingerprint density at radius 3 is 2.41 bits per heavy atom. The molecule has 3 rings (SSSR count). The third-order valence-corrected chi connectivity index (χ3v) is 9.70. The molecular formula is C31H51NO5. The smallest absolute Gasteiger partial charge is 0.163 e. The highest BCUT2D eigenvalue weighted by molar-refractivity contribution is 5.87. The van der Waals surface area contributed by atoms with Gasteiger partial charge in [-0.15, -0.1) is 4.91 Å². The zero-order valence-corrected chi connectivity index (χ0v) is 23.8. The van der Waals surface area contributed by atoms with Gasteiger partial charge in [-0.3, -0.25) is 4.79 Å². The Bertz CT molecular complexity index is 857. The maximum atomic E-state index is 12.8. The lowest BCUT2D eigenvalue weighted by Gasteiger charge is -2.45. The fourth-order valence-corrected chi connectivity index (χ4v) is 7.60. The van der Waals surface area contributed by atoms with Gasteiger partial charge in [0.05, 0.1) is 17.8 Å². The van der Waals surface area contributed by atoms with E-state index < -0.39 is 23.3 Å². The number of Topliss-reactive ketones (excluding diaryl/α,β-unsaturated/α-hetero) is 1. The minimum Gasteiger partial charge on any atom is -0.393 e. The SMILES string of the molecule is CC(C)(O)CCC[C@@H](CCC(=O)C(C)(C)N=O)[C@H]1CC[C@H]2/C(=C/C=C3C[C@@H](O)C[C@H](O)C3)CCC[C@]12C. The van der Waals surface area contributed by atoms with Crippen LogP contribution in [0.5, 0.6) is 0 Å². The van der Waals surface area contributed by atoms with Gasteiger partial charge in [0.2, 0.25) is 0 Å². The number of nitroso groups, excluding NO2 is 1. The highest BCUT2D eigenvalue weighted by Gasteiger charge is 2.51. The molecule has 0 aromatic carbocycles. The zero-order chi connectivity index (χ0) is 27.4. The fraction of sp³-hybridized carbons (Fsp3) is 0.839. The van der Waals surface area contributed by atoms with Crippen LogP contribution in [0.2, 0.25) is 0 Å². The summed E-state index contributed by atoms with van der Waals surface area (Å²) >= 11 is 0. The van der Waals surface area contributed by atoms with Gasteiger partial charge in [-0.25, -0.2) is 0 Å². The molecule has 3 aliphatic rings. The van der Waals surface area contributed by atoms with E-state index in [1.54, 1.807) is 13.8 Å². The maximum Gasteiger partial charge on any atom is 0.163 e. The van der Waals surface area contributed by atoms with Crippen molar-refractivity contribution in [3.05, 3.63) is 28.2 Å². The van der Waals surface area contributed by atoms with E-state index in [4.69, 9.17) is 0 Å². The average molecular weight is 518 g/mol. The molecule has 0 heterocycles. The summed E-state index contributed by atoms with van der Waals surface area (Å²) in [7, 11) is 0. The first-order valence-corrected chi connectivity index (χ1v) is 14.6. The first-order chi connectivity index (χ1) is 17.2. The normalized spacial score (nSPS) is 32.8. The molecule has 6 heteroatoms. The van der Waals surface area contributed by atoms with E-state index in [-0.39, 0.29) is 11.2 Å². The molecular weight excluding hydrogens is 466 g/mol. The molecule has 0 saturated heterocycles. The third-order valence-electron chi connectivity index (χ3n) is 9.70. The summed E-state index contributed by atoms with van der Waals surface area (Å²) in [5.41, 5.74) is 0.940. The zero-order valence-electron chi connectivity index (χ0n) is 23.8. The van der Waals surface area contributed by atoms with Crippen molar-refractivity contribution in [2.24, 2.45) is 28.3 Å². The van der Waals surface area contributed by atoms with Crippen molar-refractivity contribution >= 4 is 5.78 Å². The number of carbonyl (C=O) groups excluding carboxylic acids is 1. The third kappa shape index (κ3) is 7.83. The Labute approximate surface area is 224 Å². The summed E-state index contributed by atoms with van der Waals surface area (Å²) in [4.78, 5) is 24.0. The van der Waals surface area contributed by atoms with Crippen LogP contribution in [0.15, 0.2) is 28.5 Å². The van der Waals surface area contributed by atoms with E-state index in [0.29, 0.717) is 43.4 Å². The lowest BCUT2D eigenvalue weighted by molar-refractivity contribution is -0.123. The van der Waals surface area contributed by atoms with Crippen LogP contribution in [0, 0.1) is 28.1 Å². The standard InChI is InChI=1S/C31H51NO5/c1-29(2,36)16-6-8-23(12-15-28(35)30(3,4)32-37)27-14-13-26-22(9-7-17-31(26,27)5)11-10-21-18-24(33)20-25(34)19-21/h10-11,23-27,33-34,36H,6-9,12-20H2,1-5H3/b22-11+/t23-,24+,25+,26-,27+,31-/m0/s1. The second-order valence-corrected chi connectivity index (χ2v) is 13.7. The van der Waals surface area contributed by atoms with Crippen LogP contribution in [0.25, 0.3) is 0 Å². The van der Waals surface area contributed by atoms with Crippen molar-refractivity contribution in [2.75, 3.05) is 0 Å². The summed E-state index contributed by atoms with van der Waals surface area (Å²) in [6.45, 7) is 9.37. The van der Waals surface area contributed by atoms with Crippen molar-refractivity contribution in [3.8, 4) is 0 Å². The molecule has 0 aliphatic heterocycles. The number of ketones is 1. The van der Waals surface area contributed by atoms with E-state index in [1.807, 2.05) is 13.8 Å². The molecule has 6 atom stereocenters. The van der Waals surface area contributed by atoms with Crippen LogP contribution >= 0.6 is 0 Å². The molecule has 0 spiro atoms. The Balaban J connectivity index is 1.77. The number of aliphatic hydroxyl groups is 3. The number of allylic oxidation sites excluding steroid dienone is 3. The lowest BCUT2D eigenvalue weighted by atomic mass is 9.60. The predicted molar refractivity (Wildman–Crippen MR) is 148 cm³/mol. The molecule has 3 fully saturated rings. The lowest BCUT2D eigenvalue weighted by Crippen LogP contribution is -2.37. The molecule has 0 bridgehead atoms. The molecule has 0 amide bonds.